The molecule has 0 radical (unpaired) electrons. The number of benzene rings is 2. The Labute approximate surface area is 160 Å². The Morgan fingerprint density at radius 1 is 1.07 bits per heavy atom. The van der Waals surface area contributed by atoms with E-state index in [4.69, 9.17) is 0 Å². The lowest BCUT2D eigenvalue weighted by Gasteiger charge is -2.16. The molecule has 27 heavy (non-hydrogen) atoms. The van der Waals surface area contributed by atoms with Gasteiger partial charge in [-0.15, -0.1) is 11.3 Å². The first-order valence-electron chi connectivity index (χ1n) is 8.23. The van der Waals surface area contributed by atoms with E-state index in [-0.39, 0.29) is 11.6 Å². The fourth-order valence-corrected chi connectivity index (χ4v) is 3.46. The molecule has 0 fully saturated rings. The van der Waals surface area contributed by atoms with Crippen molar-refractivity contribution in [2.75, 3.05) is 0 Å². The Morgan fingerprint density at radius 3 is 2.11 bits per heavy atom. The second-order valence-electron chi connectivity index (χ2n) is 5.85. The minimum Gasteiger partial charge on any atom is -0.272 e. The zero-order valence-corrected chi connectivity index (χ0v) is 15.3. The van der Waals surface area contributed by atoms with Gasteiger partial charge in [0.05, 0.1) is 26.8 Å². The third-order valence-corrected chi connectivity index (χ3v) is 5.04. The lowest BCUT2D eigenvalue weighted by Crippen LogP contribution is -2.27. The quantitative estimate of drug-likeness (QED) is 0.393. The summed E-state index contributed by atoms with van der Waals surface area (Å²) in [5, 5.41) is 16.4. The Hall–Kier alpha value is -3.32. The monoisotopic (exact) mass is 379 g/mol. The Morgan fingerprint density at radius 2 is 1.63 bits per heavy atom. The number of rotatable bonds is 6. The molecule has 0 saturated carbocycles. The summed E-state index contributed by atoms with van der Waals surface area (Å²) < 4.78 is 0. The number of nitro groups is 1. The summed E-state index contributed by atoms with van der Waals surface area (Å²) >= 11 is 1.22. The van der Waals surface area contributed by atoms with E-state index in [1.54, 1.807) is 6.92 Å². The van der Waals surface area contributed by atoms with Gasteiger partial charge >= 0.3 is 0 Å². The summed E-state index contributed by atoms with van der Waals surface area (Å²) in [5.41, 5.74) is 4.86. The predicted octanol–water partition coefficient (Wildman–Crippen LogP) is 4.33. The van der Waals surface area contributed by atoms with Gasteiger partial charge in [-0.25, -0.2) is 5.43 Å². The number of carbonyl (C=O) groups excluding carboxylic acids is 1. The summed E-state index contributed by atoms with van der Waals surface area (Å²) in [5.74, 6) is -0.764. The van der Waals surface area contributed by atoms with Crippen molar-refractivity contribution in [3.05, 3.63) is 98.2 Å². The number of hydrogen-bond donors (Lipinski definition) is 1. The average Bonchev–Trinajstić information content (AvgIpc) is 3.19. The van der Waals surface area contributed by atoms with Crippen LogP contribution in [0, 0.1) is 10.1 Å². The van der Waals surface area contributed by atoms with Gasteiger partial charge in [0.25, 0.3) is 11.6 Å². The molecule has 2 aromatic carbocycles. The van der Waals surface area contributed by atoms with Crippen molar-refractivity contribution in [3.63, 3.8) is 0 Å². The van der Waals surface area contributed by atoms with Crippen molar-refractivity contribution in [1.29, 1.82) is 0 Å². The second kappa shape index (κ2) is 8.37. The topological polar surface area (TPSA) is 84.6 Å². The van der Waals surface area contributed by atoms with Gasteiger partial charge in [-0.05, 0) is 18.1 Å². The van der Waals surface area contributed by atoms with Crippen LogP contribution in [0.1, 0.15) is 28.8 Å². The molecule has 0 aliphatic carbocycles. The normalized spacial score (nSPS) is 11.4. The SMILES string of the molecule is C/C(=N\NC(=O)C(c1ccccc1)c1ccccc1)c1cc([N+](=O)[O-])cs1. The third-order valence-electron chi connectivity index (χ3n) is 4.01. The molecule has 1 N–H and O–H groups in total. The molecule has 7 heteroatoms. The fourth-order valence-electron chi connectivity index (χ4n) is 2.66. The van der Waals surface area contributed by atoms with Gasteiger partial charge in [-0.2, -0.15) is 5.10 Å². The van der Waals surface area contributed by atoms with Gasteiger partial charge < -0.3 is 0 Å². The van der Waals surface area contributed by atoms with E-state index in [1.807, 2.05) is 60.7 Å². The van der Waals surface area contributed by atoms with Crippen molar-refractivity contribution in [2.24, 2.45) is 5.10 Å². The Kier molecular flexibility index (Phi) is 5.73. The number of carbonyl (C=O) groups is 1. The van der Waals surface area contributed by atoms with Crippen LogP contribution in [-0.2, 0) is 4.79 Å². The van der Waals surface area contributed by atoms with Crippen LogP contribution in [0.4, 0.5) is 5.69 Å². The molecule has 0 aliphatic rings. The molecule has 0 bridgehead atoms. The first-order valence-corrected chi connectivity index (χ1v) is 9.11. The maximum Gasteiger partial charge on any atom is 0.280 e. The Bertz CT molecular complexity index is 929. The molecular weight excluding hydrogens is 362 g/mol. The maximum atomic E-state index is 12.9. The minimum absolute atomic E-state index is 0.0160. The lowest BCUT2D eigenvalue weighted by atomic mass is 9.91. The van der Waals surface area contributed by atoms with Crippen molar-refractivity contribution in [2.45, 2.75) is 12.8 Å². The molecule has 1 amide bonds. The number of nitrogens with zero attached hydrogens (tertiary/aromatic N) is 2. The standard InChI is InChI=1S/C20H17N3O3S/c1-14(18-12-17(13-27-18)23(25)26)21-22-20(24)19(15-8-4-2-5-9-15)16-10-6-3-7-11-16/h2-13,19H,1H3,(H,22,24)/b21-14+. The van der Waals surface area contributed by atoms with Gasteiger partial charge in [-0.3, -0.25) is 14.9 Å². The molecule has 1 aromatic heterocycles. The van der Waals surface area contributed by atoms with E-state index in [1.165, 1.54) is 22.8 Å². The molecular formula is C20H17N3O3S. The number of amides is 1. The van der Waals surface area contributed by atoms with Crippen molar-refractivity contribution < 1.29 is 9.72 Å². The van der Waals surface area contributed by atoms with Crippen LogP contribution in [0.2, 0.25) is 0 Å². The molecule has 136 valence electrons. The van der Waals surface area contributed by atoms with E-state index in [2.05, 4.69) is 10.5 Å². The van der Waals surface area contributed by atoms with Crippen LogP contribution in [0.3, 0.4) is 0 Å². The van der Waals surface area contributed by atoms with Crippen LogP contribution in [0.15, 0.2) is 77.2 Å². The number of hydrazone groups is 1. The molecule has 3 rings (SSSR count). The number of thiophene rings is 1. The van der Waals surface area contributed by atoms with Crippen LogP contribution < -0.4 is 5.43 Å². The highest BCUT2D eigenvalue weighted by Crippen LogP contribution is 2.25. The summed E-state index contributed by atoms with van der Waals surface area (Å²) in [7, 11) is 0. The zero-order chi connectivity index (χ0) is 19.2. The molecule has 3 aromatic rings. The first-order chi connectivity index (χ1) is 13.1. The minimum atomic E-state index is -0.498. The van der Waals surface area contributed by atoms with Gasteiger partial charge in [0.2, 0.25) is 0 Å². The van der Waals surface area contributed by atoms with Gasteiger partial charge in [0, 0.05) is 6.07 Å². The highest BCUT2D eigenvalue weighted by atomic mass is 32.1. The van der Waals surface area contributed by atoms with E-state index >= 15 is 0 Å². The van der Waals surface area contributed by atoms with E-state index in [9.17, 15) is 14.9 Å². The van der Waals surface area contributed by atoms with Crippen LogP contribution in [-0.4, -0.2) is 16.5 Å². The molecule has 0 aliphatic heterocycles. The smallest absolute Gasteiger partial charge is 0.272 e. The van der Waals surface area contributed by atoms with Gasteiger partial charge in [0.15, 0.2) is 0 Å². The molecule has 0 unspecified atom stereocenters. The van der Waals surface area contributed by atoms with Crippen molar-refractivity contribution in [3.8, 4) is 0 Å². The number of nitrogens with one attached hydrogen (secondary N) is 1. The Balaban J connectivity index is 1.83. The maximum absolute atomic E-state index is 12.9. The second-order valence-corrected chi connectivity index (χ2v) is 6.77. The third kappa shape index (κ3) is 4.45. The fraction of sp³-hybridized carbons (Fsp3) is 0.100. The van der Waals surface area contributed by atoms with Crippen LogP contribution in [0.25, 0.3) is 0 Å². The summed E-state index contributed by atoms with van der Waals surface area (Å²) in [6.45, 7) is 1.70. The van der Waals surface area contributed by atoms with E-state index < -0.39 is 10.8 Å². The molecule has 6 nitrogen and oxygen atoms in total. The van der Waals surface area contributed by atoms with Crippen molar-refractivity contribution in [1.82, 2.24) is 5.43 Å². The highest BCUT2D eigenvalue weighted by Gasteiger charge is 2.22. The molecule has 0 atom stereocenters. The highest BCUT2D eigenvalue weighted by molar-refractivity contribution is 7.12. The van der Waals surface area contributed by atoms with E-state index in [0.29, 0.717) is 10.6 Å². The first kappa shape index (κ1) is 18.5. The largest absolute Gasteiger partial charge is 0.280 e. The predicted molar refractivity (Wildman–Crippen MR) is 106 cm³/mol. The van der Waals surface area contributed by atoms with Crippen molar-refractivity contribution >= 4 is 28.6 Å². The summed E-state index contributed by atoms with van der Waals surface area (Å²) in [6.07, 6.45) is 0. The van der Waals surface area contributed by atoms with E-state index in [0.717, 1.165) is 11.1 Å². The van der Waals surface area contributed by atoms with Gasteiger partial charge in [-0.1, -0.05) is 60.7 Å². The number of hydrogen-bond acceptors (Lipinski definition) is 5. The molecule has 0 spiro atoms. The summed E-state index contributed by atoms with van der Waals surface area (Å²) in [6, 6.07) is 20.4. The van der Waals surface area contributed by atoms with Gasteiger partial charge in [0.1, 0.15) is 0 Å². The average molecular weight is 379 g/mol. The zero-order valence-electron chi connectivity index (χ0n) is 14.5. The van der Waals surface area contributed by atoms with Crippen LogP contribution >= 0.6 is 11.3 Å². The molecule has 1 heterocycles. The van der Waals surface area contributed by atoms with Crippen LogP contribution in [0.5, 0.6) is 0 Å². The lowest BCUT2D eigenvalue weighted by molar-refractivity contribution is -0.384. The summed E-state index contributed by atoms with van der Waals surface area (Å²) in [4.78, 5) is 23.9. The molecule has 0 saturated heterocycles.